The van der Waals surface area contributed by atoms with E-state index in [2.05, 4.69) is 20.6 Å². The van der Waals surface area contributed by atoms with E-state index in [0.717, 1.165) is 19.3 Å². The van der Waals surface area contributed by atoms with Crippen LogP contribution in [0.4, 0.5) is 5.82 Å². The summed E-state index contributed by atoms with van der Waals surface area (Å²) in [5.41, 5.74) is 0.136. The number of anilines is 1. The van der Waals surface area contributed by atoms with Gasteiger partial charge in [-0.2, -0.15) is 0 Å². The fourth-order valence-corrected chi connectivity index (χ4v) is 1.95. The van der Waals surface area contributed by atoms with Crippen LogP contribution in [0.1, 0.15) is 29.8 Å². The lowest BCUT2D eigenvalue weighted by atomic mass is 9.80. The van der Waals surface area contributed by atoms with Crippen molar-refractivity contribution in [3.63, 3.8) is 0 Å². The maximum absolute atomic E-state index is 11.9. The quantitative estimate of drug-likeness (QED) is 0.809. The number of rotatable bonds is 5. The molecule has 1 aromatic heterocycles. The van der Waals surface area contributed by atoms with Crippen molar-refractivity contribution < 1.29 is 9.53 Å². The molecular weight excluding hydrogens is 232 g/mol. The van der Waals surface area contributed by atoms with E-state index in [-0.39, 0.29) is 11.5 Å². The van der Waals surface area contributed by atoms with Crippen molar-refractivity contribution in [2.75, 3.05) is 26.0 Å². The lowest BCUT2D eigenvalue weighted by molar-refractivity contribution is -0.0679. The Morgan fingerprint density at radius 3 is 2.83 bits per heavy atom. The summed E-state index contributed by atoms with van der Waals surface area (Å²) >= 11 is 0. The number of nitrogens with zero attached hydrogens (tertiary/aromatic N) is 2. The average molecular weight is 250 g/mol. The predicted molar refractivity (Wildman–Crippen MR) is 67.5 cm³/mol. The SMILES string of the molecule is CNc1cncc(C(=O)NCC2(OC)CCC2)n1. The number of aromatic nitrogens is 2. The van der Waals surface area contributed by atoms with Gasteiger partial charge in [0.2, 0.25) is 0 Å². The van der Waals surface area contributed by atoms with Gasteiger partial charge in [0.25, 0.3) is 5.91 Å². The van der Waals surface area contributed by atoms with E-state index in [0.29, 0.717) is 18.1 Å². The number of nitrogens with one attached hydrogen (secondary N) is 2. The third kappa shape index (κ3) is 2.59. The van der Waals surface area contributed by atoms with Crippen molar-refractivity contribution in [3.8, 4) is 0 Å². The molecule has 0 atom stereocenters. The second-order valence-electron chi connectivity index (χ2n) is 4.46. The van der Waals surface area contributed by atoms with E-state index in [1.165, 1.54) is 6.20 Å². The lowest BCUT2D eigenvalue weighted by Gasteiger charge is -2.40. The number of hydrogen-bond donors (Lipinski definition) is 2. The fraction of sp³-hybridized carbons (Fsp3) is 0.583. The zero-order chi connectivity index (χ0) is 13.0. The van der Waals surface area contributed by atoms with Gasteiger partial charge in [-0.15, -0.1) is 0 Å². The molecule has 0 radical (unpaired) electrons. The summed E-state index contributed by atoms with van der Waals surface area (Å²) in [7, 11) is 3.42. The number of carbonyl (C=O) groups excluding carboxylic acids is 1. The van der Waals surface area contributed by atoms with Crippen molar-refractivity contribution in [2.45, 2.75) is 24.9 Å². The van der Waals surface area contributed by atoms with Crippen LogP contribution in [0.3, 0.4) is 0 Å². The molecule has 1 heterocycles. The molecule has 1 amide bonds. The Morgan fingerprint density at radius 1 is 1.50 bits per heavy atom. The van der Waals surface area contributed by atoms with Crippen molar-refractivity contribution in [1.82, 2.24) is 15.3 Å². The van der Waals surface area contributed by atoms with Crippen LogP contribution in [0.15, 0.2) is 12.4 Å². The monoisotopic (exact) mass is 250 g/mol. The fourth-order valence-electron chi connectivity index (χ4n) is 1.95. The first-order valence-corrected chi connectivity index (χ1v) is 6.02. The highest BCUT2D eigenvalue weighted by atomic mass is 16.5. The lowest BCUT2D eigenvalue weighted by Crippen LogP contribution is -2.49. The van der Waals surface area contributed by atoms with Crippen LogP contribution in [0.5, 0.6) is 0 Å². The van der Waals surface area contributed by atoms with Gasteiger partial charge in [-0.25, -0.2) is 4.98 Å². The Labute approximate surface area is 106 Å². The van der Waals surface area contributed by atoms with Gasteiger partial charge in [-0.3, -0.25) is 9.78 Å². The van der Waals surface area contributed by atoms with Gasteiger partial charge in [0, 0.05) is 20.7 Å². The van der Waals surface area contributed by atoms with Crippen LogP contribution >= 0.6 is 0 Å². The summed E-state index contributed by atoms with van der Waals surface area (Å²) in [6.45, 7) is 0.522. The number of amides is 1. The molecule has 1 fully saturated rings. The topological polar surface area (TPSA) is 76.1 Å². The highest BCUT2D eigenvalue weighted by Crippen LogP contribution is 2.34. The highest BCUT2D eigenvalue weighted by molar-refractivity contribution is 5.92. The first kappa shape index (κ1) is 12.8. The second-order valence-corrected chi connectivity index (χ2v) is 4.46. The normalized spacial score (nSPS) is 16.8. The molecule has 6 nitrogen and oxygen atoms in total. The summed E-state index contributed by atoms with van der Waals surface area (Å²) < 4.78 is 5.44. The summed E-state index contributed by atoms with van der Waals surface area (Å²) in [4.78, 5) is 20.0. The van der Waals surface area contributed by atoms with Gasteiger partial charge >= 0.3 is 0 Å². The van der Waals surface area contributed by atoms with Gasteiger partial charge < -0.3 is 15.4 Å². The molecule has 1 aliphatic rings. The van der Waals surface area contributed by atoms with Crippen LogP contribution in [-0.2, 0) is 4.74 Å². The van der Waals surface area contributed by atoms with Crippen LogP contribution in [-0.4, -0.2) is 42.2 Å². The van der Waals surface area contributed by atoms with Crippen molar-refractivity contribution >= 4 is 11.7 Å². The van der Waals surface area contributed by atoms with Gasteiger partial charge in [0.15, 0.2) is 0 Å². The standard InChI is InChI=1S/C12H18N4O2/c1-13-10-7-14-6-9(16-10)11(17)15-8-12(18-2)4-3-5-12/h6-7H,3-5,8H2,1-2H3,(H,13,16)(H,15,17). The van der Waals surface area contributed by atoms with E-state index < -0.39 is 0 Å². The largest absolute Gasteiger partial charge is 0.376 e. The molecule has 2 N–H and O–H groups in total. The summed E-state index contributed by atoms with van der Waals surface area (Å²) in [5.74, 6) is 0.357. The minimum atomic E-state index is -0.220. The number of carbonyl (C=O) groups is 1. The maximum Gasteiger partial charge on any atom is 0.271 e. The molecule has 1 aromatic rings. The third-order valence-corrected chi connectivity index (χ3v) is 3.39. The molecule has 0 spiro atoms. The summed E-state index contributed by atoms with van der Waals surface area (Å²) in [6, 6.07) is 0. The van der Waals surface area contributed by atoms with Crippen LogP contribution in [0.25, 0.3) is 0 Å². The highest BCUT2D eigenvalue weighted by Gasteiger charge is 2.37. The van der Waals surface area contributed by atoms with Gasteiger partial charge in [0.1, 0.15) is 11.5 Å². The third-order valence-electron chi connectivity index (χ3n) is 3.39. The van der Waals surface area contributed by atoms with E-state index in [4.69, 9.17) is 4.74 Å². The smallest absolute Gasteiger partial charge is 0.271 e. The van der Waals surface area contributed by atoms with E-state index >= 15 is 0 Å². The second kappa shape index (κ2) is 5.30. The molecule has 98 valence electrons. The molecule has 0 bridgehead atoms. The molecule has 1 aliphatic carbocycles. The summed E-state index contributed by atoms with van der Waals surface area (Å²) in [5, 5.41) is 5.70. The Morgan fingerprint density at radius 2 is 2.28 bits per heavy atom. The Bertz CT molecular complexity index is 426. The molecular formula is C12H18N4O2. The first-order chi connectivity index (χ1) is 8.69. The first-order valence-electron chi connectivity index (χ1n) is 6.02. The molecule has 0 aromatic carbocycles. The van der Waals surface area contributed by atoms with E-state index in [9.17, 15) is 4.79 Å². The summed E-state index contributed by atoms with van der Waals surface area (Å²) in [6.07, 6.45) is 6.16. The maximum atomic E-state index is 11.9. The molecule has 1 saturated carbocycles. The van der Waals surface area contributed by atoms with Crippen molar-refractivity contribution in [1.29, 1.82) is 0 Å². The minimum absolute atomic E-state index is 0.177. The molecule has 2 rings (SSSR count). The van der Waals surface area contributed by atoms with Gasteiger partial charge in [-0.1, -0.05) is 0 Å². The Balaban J connectivity index is 1.95. The molecule has 0 aliphatic heterocycles. The van der Waals surface area contributed by atoms with Crippen LogP contribution in [0.2, 0.25) is 0 Å². The number of methoxy groups -OCH3 is 1. The molecule has 0 unspecified atom stereocenters. The van der Waals surface area contributed by atoms with Crippen molar-refractivity contribution in [3.05, 3.63) is 18.1 Å². The van der Waals surface area contributed by atoms with Crippen molar-refractivity contribution in [2.24, 2.45) is 0 Å². The molecule has 0 saturated heterocycles. The van der Waals surface area contributed by atoms with E-state index in [1.807, 2.05) is 0 Å². The van der Waals surface area contributed by atoms with Crippen LogP contribution < -0.4 is 10.6 Å². The Hall–Kier alpha value is -1.69. The Kier molecular flexibility index (Phi) is 3.76. The van der Waals surface area contributed by atoms with Crippen LogP contribution in [0, 0.1) is 0 Å². The molecule has 6 heteroatoms. The molecule has 18 heavy (non-hydrogen) atoms. The zero-order valence-corrected chi connectivity index (χ0v) is 10.7. The number of hydrogen-bond acceptors (Lipinski definition) is 5. The zero-order valence-electron chi connectivity index (χ0n) is 10.7. The predicted octanol–water partition coefficient (Wildman–Crippen LogP) is 0.817. The van der Waals surface area contributed by atoms with Gasteiger partial charge in [-0.05, 0) is 19.3 Å². The van der Waals surface area contributed by atoms with E-state index in [1.54, 1.807) is 20.4 Å². The average Bonchev–Trinajstić information content (AvgIpc) is 2.38. The van der Waals surface area contributed by atoms with Gasteiger partial charge in [0.05, 0.1) is 18.0 Å². The minimum Gasteiger partial charge on any atom is -0.376 e. The number of ether oxygens (including phenoxy) is 1.